The first-order valence-corrected chi connectivity index (χ1v) is 10.2. The van der Waals surface area contributed by atoms with Crippen molar-refractivity contribution in [3.63, 3.8) is 0 Å². The monoisotopic (exact) mass is 430 g/mol. The summed E-state index contributed by atoms with van der Waals surface area (Å²) in [4.78, 5) is 0. The van der Waals surface area contributed by atoms with Crippen molar-refractivity contribution in [1.29, 1.82) is 0 Å². The second-order valence-corrected chi connectivity index (χ2v) is 6.46. The summed E-state index contributed by atoms with van der Waals surface area (Å²) in [5.74, 6) is 0.785. The highest BCUT2D eigenvalue weighted by atomic mass is 16.6. The number of aromatic hydroxyl groups is 1. The van der Waals surface area contributed by atoms with Crippen molar-refractivity contribution in [2.24, 2.45) is 0 Å². The first kappa shape index (κ1) is 24.8. The summed E-state index contributed by atoms with van der Waals surface area (Å²) in [5.41, 5.74) is 1.28. The molecule has 0 fully saturated rings. The maximum atomic E-state index is 10.5. The Kier molecular flexibility index (Phi) is 13.4. The summed E-state index contributed by atoms with van der Waals surface area (Å²) in [5, 5.41) is 10.5. The zero-order chi connectivity index (χ0) is 21.3. The molecule has 9 heteroatoms. The SMILES string of the molecule is COc1cc2c(O)c(c1)COCCOCCOCCOCCOCCOCCOC2. The van der Waals surface area contributed by atoms with Gasteiger partial charge in [-0.2, -0.15) is 0 Å². The number of hydrogen-bond donors (Lipinski definition) is 1. The highest BCUT2D eigenvalue weighted by molar-refractivity contribution is 5.45. The van der Waals surface area contributed by atoms with Gasteiger partial charge in [-0.05, 0) is 12.1 Å². The number of methoxy groups -OCH3 is 1. The summed E-state index contributed by atoms with van der Waals surface area (Å²) in [6.07, 6.45) is 0. The molecule has 1 aromatic rings. The molecule has 0 unspecified atom stereocenters. The van der Waals surface area contributed by atoms with Gasteiger partial charge in [-0.3, -0.25) is 0 Å². The molecule has 1 aliphatic rings. The molecule has 0 spiro atoms. The Morgan fingerprint density at radius 2 is 0.867 bits per heavy atom. The molecule has 1 N–H and O–H groups in total. The minimum absolute atomic E-state index is 0.149. The van der Waals surface area contributed by atoms with Crippen molar-refractivity contribution in [2.75, 3.05) is 86.4 Å². The molecule has 1 aliphatic heterocycles. The molecule has 1 heterocycles. The van der Waals surface area contributed by atoms with Crippen LogP contribution in [0.3, 0.4) is 0 Å². The van der Waals surface area contributed by atoms with Crippen molar-refractivity contribution in [1.82, 2.24) is 0 Å². The predicted molar refractivity (Wildman–Crippen MR) is 108 cm³/mol. The Labute approximate surface area is 178 Å². The zero-order valence-electron chi connectivity index (χ0n) is 17.8. The molecule has 0 aromatic heterocycles. The largest absolute Gasteiger partial charge is 0.507 e. The summed E-state index contributed by atoms with van der Waals surface area (Å²) >= 11 is 0. The van der Waals surface area contributed by atoms with E-state index in [9.17, 15) is 5.11 Å². The van der Waals surface area contributed by atoms with Gasteiger partial charge in [0.2, 0.25) is 0 Å². The maximum absolute atomic E-state index is 10.5. The molecule has 0 radical (unpaired) electrons. The van der Waals surface area contributed by atoms with Gasteiger partial charge in [0.1, 0.15) is 11.5 Å². The van der Waals surface area contributed by atoms with Crippen molar-refractivity contribution in [2.45, 2.75) is 13.2 Å². The Bertz CT molecular complexity index is 524. The van der Waals surface area contributed by atoms with E-state index in [2.05, 4.69) is 0 Å². The minimum Gasteiger partial charge on any atom is -0.507 e. The molecule has 2 bridgehead atoms. The fourth-order valence-electron chi connectivity index (χ4n) is 2.65. The van der Waals surface area contributed by atoms with E-state index in [0.29, 0.717) is 96.2 Å². The van der Waals surface area contributed by atoms with Gasteiger partial charge >= 0.3 is 0 Å². The fraction of sp³-hybridized carbons (Fsp3) is 0.714. The van der Waals surface area contributed by atoms with Crippen LogP contribution in [0.1, 0.15) is 11.1 Å². The highest BCUT2D eigenvalue weighted by Crippen LogP contribution is 2.29. The van der Waals surface area contributed by atoms with Crippen LogP contribution < -0.4 is 4.74 Å². The average Bonchev–Trinajstić information content (AvgIpc) is 2.76. The Morgan fingerprint density at radius 3 is 1.17 bits per heavy atom. The molecule has 0 amide bonds. The third-order valence-corrected chi connectivity index (χ3v) is 4.22. The highest BCUT2D eigenvalue weighted by Gasteiger charge is 2.11. The van der Waals surface area contributed by atoms with Gasteiger partial charge in [0.25, 0.3) is 0 Å². The van der Waals surface area contributed by atoms with Gasteiger partial charge in [-0.1, -0.05) is 0 Å². The number of benzene rings is 1. The Morgan fingerprint density at radius 1 is 0.567 bits per heavy atom. The molecule has 0 atom stereocenters. The maximum Gasteiger partial charge on any atom is 0.126 e. The van der Waals surface area contributed by atoms with E-state index >= 15 is 0 Å². The lowest BCUT2D eigenvalue weighted by atomic mass is 10.1. The molecular formula is C21H34O9. The number of ether oxygens (including phenoxy) is 8. The van der Waals surface area contributed by atoms with Crippen LogP contribution in [0.2, 0.25) is 0 Å². The van der Waals surface area contributed by atoms with Crippen LogP contribution in [-0.2, 0) is 46.4 Å². The lowest BCUT2D eigenvalue weighted by Crippen LogP contribution is -2.14. The van der Waals surface area contributed by atoms with E-state index in [-0.39, 0.29) is 19.0 Å². The number of hydrogen-bond acceptors (Lipinski definition) is 9. The molecule has 172 valence electrons. The third-order valence-electron chi connectivity index (χ3n) is 4.22. The van der Waals surface area contributed by atoms with Crippen LogP contribution >= 0.6 is 0 Å². The van der Waals surface area contributed by atoms with Gasteiger partial charge in [-0.15, -0.1) is 0 Å². The van der Waals surface area contributed by atoms with E-state index < -0.39 is 0 Å². The van der Waals surface area contributed by atoms with E-state index in [1.54, 1.807) is 19.2 Å². The summed E-state index contributed by atoms with van der Waals surface area (Å²) in [6.45, 7) is 6.22. The van der Waals surface area contributed by atoms with Gasteiger partial charge in [-0.25, -0.2) is 0 Å². The molecule has 0 aliphatic carbocycles. The summed E-state index contributed by atoms with van der Waals surface area (Å²) in [6, 6.07) is 3.51. The normalized spacial score (nSPS) is 20.2. The predicted octanol–water partition coefficient (Wildman–Crippen LogP) is 1.53. The van der Waals surface area contributed by atoms with Crippen LogP contribution in [-0.4, -0.2) is 91.5 Å². The van der Waals surface area contributed by atoms with Gasteiger partial charge in [0, 0.05) is 11.1 Å². The van der Waals surface area contributed by atoms with E-state index in [1.807, 2.05) is 0 Å². The van der Waals surface area contributed by atoms with Crippen LogP contribution in [0.5, 0.6) is 11.5 Å². The Balaban J connectivity index is 1.83. The molecule has 1 aromatic carbocycles. The van der Waals surface area contributed by atoms with E-state index in [0.717, 1.165) is 0 Å². The summed E-state index contributed by atoms with van der Waals surface area (Å²) < 4.78 is 43.8. The van der Waals surface area contributed by atoms with Crippen LogP contribution in [0.4, 0.5) is 0 Å². The molecule has 30 heavy (non-hydrogen) atoms. The van der Waals surface area contributed by atoms with E-state index in [1.165, 1.54) is 0 Å². The van der Waals surface area contributed by atoms with Gasteiger partial charge in [0.05, 0.1) is 99.6 Å². The quantitative estimate of drug-likeness (QED) is 0.712. The minimum atomic E-state index is 0.149. The van der Waals surface area contributed by atoms with Crippen molar-refractivity contribution in [3.05, 3.63) is 23.3 Å². The lowest BCUT2D eigenvalue weighted by Gasteiger charge is -2.14. The molecule has 2 rings (SSSR count). The number of rotatable bonds is 1. The van der Waals surface area contributed by atoms with Crippen LogP contribution in [0.25, 0.3) is 0 Å². The fourth-order valence-corrected chi connectivity index (χ4v) is 2.65. The molecular weight excluding hydrogens is 396 g/mol. The number of fused-ring (bicyclic) bond motifs is 2. The van der Waals surface area contributed by atoms with Crippen molar-refractivity contribution >= 4 is 0 Å². The summed E-state index contributed by atoms with van der Waals surface area (Å²) in [7, 11) is 1.58. The molecule has 0 saturated heterocycles. The van der Waals surface area contributed by atoms with Crippen LogP contribution in [0, 0.1) is 0 Å². The van der Waals surface area contributed by atoms with Crippen molar-refractivity contribution in [3.8, 4) is 11.5 Å². The second-order valence-electron chi connectivity index (χ2n) is 6.46. The van der Waals surface area contributed by atoms with Gasteiger partial charge in [0.15, 0.2) is 0 Å². The lowest BCUT2D eigenvalue weighted by molar-refractivity contribution is -0.0222. The Hall–Kier alpha value is -1.46. The molecule has 0 saturated carbocycles. The third kappa shape index (κ3) is 10.5. The first-order valence-electron chi connectivity index (χ1n) is 10.2. The number of phenols is 1. The van der Waals surface area contributed by atoms with Crippen LogP contribution in [0.15, 0.2) is 12.1 Å². The smallest absolute Gasteiger partial charge is 0.126 e. The average molecular weight is 430 g/mol. The topological polar surface area (TPSA) is 94.1 Å². The van der Waals surface area contributed by atoms with Gasteiger partial charge < -0.3 is 43.0 Å². The number of phenolic OH excluding ortho intramolecular Hbond substituents is 1. The zero-order valence-corrected chi connectivity index (χ0v) is 17.8. The molecule has 9 nitrogen and oxygen atoms in total. The standard InChI is InChI=1S/C21H34O9/c1-23-20-14-18-16-29-12-10-27-8-6-25-4-2-24-3-5-26-7-9-28-11-13-30-17-19(15-20)21(18)22/h14-15,22H,2-13,16-17H2,1H3. The van der Waals surface area contributed by atoms with E-state index in [4.69, 9.17) is 37.9 Å². The first-order chi connectivity index (χ1) is 14.8. The second kappa shape index (κ2) is 16.3. The van der Waals surface area contributed by atoms with Crippen molar-refractivity contribution < 1.29 is 43.0 Å².